The molecule has 1 aromatic heterocycles. The highest BCUT2D eigenvalue weighted by molar-refractivity contribution is 4.92. The van der Waals surface area contributed by atoms with Crippen molar-refractivity contribution in [3.05, 3.63) is 11.7 Å². The van der Waals surface area contributed by atoms with Gasteiger partial charge in [0.2, 0.25) is 5.89 Å². The van der Waals surface area contributed by atoms with Crippen molar-refractivity contribution in [1.82, 2.24) is 15.0 Å². The number of nitrogens with zero attached hydrogens (tertiary/aromatic N) is 3. The second kappa shape index (κ2) is 4.93. The van der Waals surface area contributed by atoms with E-state index in [-0.39, 0.29) is 6.10 Å². The second-order valence-corrected chi connectivity index (χ2v) is 4.73. The Morgan fingerprint density at radius 2 is 2.38 bits per heavy atom. The van der Waals surface area contributed by atoms with Crippen LogP contribution in [0.4, 0.5) is 0 Å². The summed E-state index contributed by atoms with van der Waals surface area (Å²) < 4.78 is 5.18. The number of aromatic nitrogens is 2. The molecule has 16 heavy (non-hydrogen) atoms. The molecule has 1 N–H and O–H groups in total. The Labute approximate surface area is 95.4 Å². The first-order valence-corrected chi connectivity index (χ1v) is 5.88. The first-order valence-electron chi connectivity index (χ1n) is 5.88. The highest BCUT2D eigenvalue weighted by Crippen LogP contribution is 2.14. The summed E-state index contributed by atoms with van der Waals surface area (Å²) in [5, 5.41) is 13.5. The molecule has 1 saturated heterocycles. The fourth-order valence-corrected chi connectivity index (χ4v) is 1.93. The third-order valence-electron chi connectivity index (χ3n) is 2.84. The summed E-state index contributed by atoms with van der Waals surface area (Å²) in [4.78, 5) is 6.49. The molecule has 0 spiro atoms. The van der Waals surface area contributed by atoms with Gasteiger partial charge in [0.15, 0.2) is 5.82 Å². The van der Waals surface area contributed by atoms with Crippen LogP contribution in [0.5, 0.6) is 0 Å². The molecule has 5 nitrogen and oxygen atoms in total. The van der Waals surface area contributed by atoms with E-state index in [9.17, 15) is 5.11 Å². The number of aliphatic hydroxyl groups is 1. The summed E-state index contributed by atoms with van der Waals surface area (Å²) in [5.74, 6) is 1.70. The molecule has 1 unspecified atom stereocenters. The van der Waals surface area contributed by atoms with E-state index in [1.54, 1.807) is 0 Å². The van der Waals surface area contributed by atoms with Crippen molar-refractivity contribution in [1.29, 1.82) is 0 Å². The lowest BCUT2D eigenvalue weighted by Crippen LogP contribution is -2.37. The summed E-state index contributed by atoms with van der Waals surface area (Å²) in [7, 11) is 0. The molecule has 90 valence electrons. The van der Waals surface area contributed by atoms with Crippen LogP contribution in [-0.2, 0) is 6.54 Å². The highest BCUT2D eigenvalue weighted by Gasteiger charge is 2.20. The predicted octanol–water partition coefficient (Wildman–Crippen LogP) is 1.15. The maximum Gasteiger partial charge on any atom is 0.240 e. The van der Waals surface area contributed by atoms with Gasteiger partial charge in [-0.05, 0) is 19.4 Å². The molecule has 0 radical (unpaired) electrons. The zero-order chi connectivity index (χ0) is 11.5. The number of aliphatic hydroxyl groups excluding tert-OH is 1. The summed E-state index contributed by atoms with van der Waals surface area (Å²) in [6.07, 6.45) is 1.73. The van der Waals surface area contributed by atoms with Gasteiger partial charge in [-0.15, -0.1) is 0 Å². The first-order chi connectivity index (χ1) is 7.65. The average molecular weight is 225 g/mol. The Hall–Kier alpha value is -0.940. The molecule has 1 aromatic rings. The first kappa shape index (κ1) is 11.5. The Kier molecular flexibility index (Phi) is 3.56. The van der Waals surface area contributed by atoms with E-state index in [0.717, 1.165) is 25.2 Å². The number of piperidine rings is 1. The maximum atomic E-state index is 9.54. The van der Waals surface area contributed by atoms with Crippen LogP contribution in [0.2, 0.25) is 0 Å². The predicted molar refractivity (Wildman–Crippen MR) is 58.9 cm³/mol. The SMILES string of the molecule is CC(C)c1noc(CN2CCCC(O)C2)n1. The molecule has 0 aromatic carbocycles. The molecular formula is C11H19N3O2. The number of hydrogen-bond acceptors (Lipinski definition) is 5. The summed E-state index contributed by atoms with van der Waals surface area (Å²) in [5.41, 5.74) is 0. The molecule has 1 aliphatic rings. The zero-order valence-corrected chi connectivity index (χ0v) is 9.89. The maximum absolute atomic E-state index is 9.54. The van der Waals surface area contributed by atoms with Gasteiger partial charge >= 0.3 is 0 Å². The Balaban J connectivity index is 1.92. The number of likely N-dealkylation sites (tertiary alicyclic amines) is 1. The fourth-order valence-electron chi connectivity index (χ4n) is 1.93. The standard InChI is InChI=1S/C11H19N3O2/c1-8(2)11-12-10(16-13-11)7-14-5-3-4-9(15)6-14/h8-9,15H,3-7H2,1-2H3. The molecule has 2 rings (SSSR count). The zero-order valence-electron chi connectivity index (χ0n) is 9.89. The quantitative estimate of drug-likeness (QED) is 0.836. The van der Waals surface area contributed by atoms with Crippen LogP contribution in [0.15, 0.2) is 4.52 Å². The molecule has 1 fully saturated rings. The van der Waals surface area contributed by atoms with E-state index in [1.165, 1.54) is 0 Å². The van der Waals surface area contributed by atoms with Crippen molar-refractivity contribution in [3.63, 3.8) is 0 Å². The Morgan fingerprint density at radius 1 is 1.56 bits per heavy atom. The van der Waals surface area contributed by atoms with Crippen LogP contribution >= 0.6 is 0 Å². The normalized spacial score (nSPS) is 22.9. The molecule has 0 bridgehead atoms. The minimum absolute atomic E-state index is 0.207. The smallest absolute Gasteiger partial charge is 0.240 e. The minimum atomic E-state index is -0.207. The molecule has 1 atom stereocenters. The van der Waals surface area contributed by atoms with E-state index in [0.29, 0.717) is 24.9 Å². The lowest BCUT2D eigenvalue weighted by molar-refractivity contribution is 0.0613. The summed E-state index contributed by atoms with van der Waals surface area (Å²) in [6.45, 7) is 6.44. The van der Waals surface area contributed by atoms with Crippen molar-refractivity contribution in [2.75, 3.05) is 13.1 Å². The van der Waals surface area contributed by atoms with Crippen LogP contribution in [0.25, 0.3) is 0 Å². The Bertz CT molecular complexity index is 338. The number of rotatable bonds is 3. The Morgan fingerprint density at radius 3 is 3.00 bits per heavy atom. The van der Waals surface area contributed by atoms with Crippen LogP contribution in [0.3, 0.4) is 0 Å². The fraction of sp³-hybridized carbons (Fsp3) is 0.818. The molecule has 2 heterocycles. The number of hydrogen-bond donors (Lipinski definition) is 1. The van der Waals surface area contributed by atoms with E-state index in [2.05, 4.69) is 15.0 Å². The monoisotopic (exact) mass is 225 g/mol. The van der Waals surface area contributed by atoms with E-state index >= 15 is 0 Å². The third-order valence-corrected chi connectivity index (χ3v) is 2.84. The van der Waals surface area contributed by atoms with Crippen molar-refractivity contribution < 1.29 is 9.63 Å². The van der Waals surface area contributed by atoms with Gasteiger partial charge in [0.05, 0.1) is 12.6 Å². The van der Waals surface area contributed by atoms with Crippen molar-refractivity contribution in [3.8, 4) is 0 Å². The van der Waals surface area contributed by atoms with Crippen molar-refractivity contribution >= 4 is 0 Å². The summed E-state index contributed by atoms with van der Waals surface area (Å²) in [6, 6.07) is 0. The van der Waals surface area contributed by atoms with E-state index in [4.69, 9.17) is 4.52 Å². The second-order valence-electron chi connectivity index (χ2n) is 4.73. The van der Waals surface area contributed by atoms with Gasteiger partial charge in [-0.2, -0.15) is 4.98 Å². The lowest BCUT2D eigenvalue weighted by Gasteiger charge is -2.28. The van der Waals surface area contributed by atoms with E-state index < -0.39 is 0 Å². The molecule has 0 aliphatic carbocycles. The average Bonchev–Trinajstić information content (AvgIpc) is 2.66. The van der Waals surface area contributed by atoms with Gasteiger partial charge in [0.25, 0.3) is 0 Å². The van der Waals surface area contributed by atoms with Gasteiger partial charge < -0.3 is 9.63 Å². The third kappa shape index (κ3) is 2.80. The van der Waals surface area contributed by atoms with Gasteiger partial charge in [-0.3, -0.25) is 4.90 Å². The van der Waals surface area contributed by atoms with Crippen LogP contribution in [0.1, 0.15) is 44.3 Å². The largest absolute Gasteiger partial charge is 0.392 e. The molecule has 1 aliphatic heterocycles. The van der Waals surface area contributed by atoms with Crippen molar-refractivity contribution in [2.45, 2.75) is 45.3 Å². The van der Waals surface area contributed by atoms with Crippen LogP contribution in [0, 0.1) is 0 Å². The van der Waals surface area contributed by atoms with Crippen molar-refractivity contribution in [2.24, 2.45) is 0 Å². The molecule has 0 amide bonds. The lowest BCUT2D eigenvalue weighted by atomic mass is 10.1. The topological polar surface area (TPSA) is 62.4 Å². The molecule has 0 saturated carbocycles. The van der Waals surface area contributed by atoms with Gasteiger partial charge in [0, 0.05) is 12.5 Å². The number of β-amino-alcohol motifs (C(OH)–C–C–N with tert-alkyl or cyclic N) is 1. The molecule has 5 heteroatoms. The van der Waals surface area contributed by atoms with Gasteiger partial charge in [-0.1, -0.05) is 19.0 Å². The van der Waals surface area contributed by atoms with Gasteiger partial charge in [0.1, 0.15) is 0 Å². The highest BCUT2D eigenvalue weighted by atomic mass is 16.5. The van der Waals surface area contributed by atoms with E-state index in [1.807, 2.05) is 13.8 Å². The van der Waals surface area contributed by atoms with Gasteiger partial charge in [-0.25, -0.2) is 0 Å². The molecular weight excluding hydrogens is 206 g/mol. The minimum Gasteiger partial charge on any atom is -0.392 e. The van der Waals surface area contributed by atoms with Crippen LogP contribution < -0.4 is 0 Å². The van der Waals surface area contributed by atoms with Crippen LogP contribution in [-0.4, -0.2) is 39.3 Å². The summed E-state index contributed by atoms with van der Waals surface area (Å²) >= 11 is 0.